The largest absolute Gasteiger partial charge is 0.465 e. The maximum absolute atomic E-state index is 10.6. The van der Waals surface area contributed by atoms with E-state index >= 15 is 0 Å². The minimum absolute atomic E-state index is 0.220. The van der Waals surface area contributed by atoms with Crippen molar-refractivity contribution in [2.45, 2.75) is 26.5 Å². The van der Waals surface area contributed by atoms with Gasteiger partial charge in [-0.25, -0.2) is 4.79 Å². The number of carboxylic acid groups (broad SMARTS) is 1. The first-order chi connectivity index (χ1) is 5.61. The van der Waals surface area contributed by atoms with Crippen LogP contribution in [-0.2, 0) is 4.74 Å². The summed E-state index contributed by atoms with van der Waals surface area (Å²) >= 11 is 0. The molecule has 1 aliphatic rings. The fraction of sp³-hybridized carbons (Fsp3) is 0.875. The van der Waals surface area contributed by atoms with Crippen LogP contribution in [0.5, 0.6) is 0 Å². The summed E-state index contributed by atoms with van der Waals surface area (Å²) in [7, 11) is 0. The number of rotatable bonds is 2. The average Bonchev–Trinajstić information content (AvgIpc) is 2.33. The van der Waals surface area contributed by atoms with Crippen molar-refractivity contribution in [3.8, 4) is 0 Å². The Kier molecular flexibility index (Phi) is 2.92. The van der Waals surface area contributed by atoms with Crippen LogP contribution in [0.2, 0.25) is 0 Å². The minimum Gasteiger partial charge on any atom is -0.465 e. The van der Waals surface area contributed by atoms with Crippen LogP contribution in [0.4, 0.5) is 4.79 Å². The number of nitrogens with zero attached hydrogens (tertiary/aromatic N) is 1. The molecular weight excluding hydrogens is 158 g/mol. The van der Waals surface area contributed by atoms with Gasteiger partial charge in [-0.05, 0) is 12.3 Å². The Balaban J connectivity index is 2.46. The predicted molar refractivity (Wildman–Crippen MR) is 43.9 cm³/mol. The topological polar surface area (TPSA) is 49.8 Å². The van der Waals surface area contributed by atoms with E-state index in [-0.39, 0.29) is 6.23 Å². The third-order valence-corrected chi connectivity index (χ3v) is 1.91. The zero-order valence-electron chi connectivity index (χ0n) is 7.49. The van der Waals surface area contributed by atoms with Crippen LogP contribution in [-0.4, -0.2) is 35.5 Å². The second-order valence-electron chi connectivity index (χ2n) is 3.43. The standard InChI is InChI=1S/C8H15NO3/c1-6(2)5-7-9(8(10)11)3-4-12-7/h6-7H,3-5H2,1-2H3,(H,10,11). The molecule has 1 unspecified atom stereocenters. The van der Waals surface area contributed by atoms with Gasteiger partial charge >= 0.3 is 6.09 Å². The van der Waals surface area contributed by atoms with Crippen molar-refractivity contribution in [2.24, 2.45) is 5.92 Å². The maximum Gasteiger partial charge on any atom is 0.409 e. The van der Waals surface area contributed by atoms with Gasteiger partial charge < -0.3 is 9.84 Å². The highest BCUT2D eigenvalue weighted by atomic mass is 16.5. The molecular formula is C8H15NO3. The van der Waals surface area contributed by atoms with Gasteiger partial charge in [0, 0.05) is 0 Å². The van der Waals surface area contributed by atoms with E-state index in [0.29, 0.717) is 19.1 Å². The zero-order valence-corrected chi connectivity index (χ0v) is 7.49. The van der Waals surface area contributed by atoms with Crippen LogP contribution in [0.3, 0.4) is 0 Å². The Hall–Kier alpha value is -0.770. The van der Waals surface area contributed by atoms with Gasteiger partial charge in [0.1, 0.15) is 6.23 Å². The van der Waals surface area contributed by atoms with Crippen LogP contribution in [0.25, 0.3) is 0 Å². The molecule has 0 aliphatic carbocycles. The predicted octanol–water partition coefficient (Wildman–Crippen LogP) is 1.37. The highest BCUT2D eigenvalue weighted by Crippen LogP contribution is 2.17. The molecule has 0 aromatic rings. The van der Waals surface area contributed by atoms with Gasteiger partial charge in [0.05, 0.1) is 13.2 Å². The Morgan fingerprint density at radius 3 is 2.92 bits per heavy atom. The molecule has 1 saturated heterocycles. The van der Waals surface area contributed by atoms with Crippen molar-refractivity contribution < 1.29 is 14.6 Å². The molecule has 1 amide bonds. The summed E-state index contributed by atoms with van der Waals surface area (Å²) < 4.78 is 5.28. The van der Waals surface area contributed by atoms with Crippen molar-refractivity contribution in [1.29, 1.82) is 0 Å². The molecule has 0 bridgehead atoms. The van der Waals surface area contributed by atoms with E-state index in [9.17, 15) is 4.79 Å². The smallest absolute Gasteiger partial charge is 0.409 e. The SMILES string of the molecule is CC(C)CC1OCCN1C(=O)O. The van der Waals surface area contributed by atoms with E-state index in [0.717, 1.165) is 6.42 Å². The summed E-state index contributed by atoms with van der Waals surface area (Å²) in [5.41, 5.74) is 0. The Bertz CT molecular complexity index is 170. The third-order valence-electron chi connectivity index (χ3n) is 1.91. The van der Waals surface area contributed by atoms with E-state index in [1.165, 1.54) is 4.90 Å². The summed E-state index contributed by atoms with van der Waals surface area (Å²) in [5, 5.41) is 8.74. The molecule has 4 heteroatoms. The zero-order chi connectivity index (χ0) is 9.14. The molecule has 0 aromatic carbocycles. The van der Waals surface area contributed by atoms with E-state index in [1.807, 2.05) is 0 Å². The van der Waals surface area contributed by atoms with Gasteiger partial charge in [-0.15, -0.1) is 0 Å². The lowest BCUT2D eigenvalue weighted by Crippen LogP contribution is -2.35. The van der Waals surface area contributed by atoms with Crippen LogP contribution >= 0.6 is 0 Å². The molecule has 12 heavy (non-hydrogen) atoms. The van der Waals surface area contributed by atoms with E-state index in [4.69, 9.17) is 9.84 Å². The van der Waals surface area contributed by atoms with Crippen molar-refractivity contribution in [3.63, 3.8) is 0 Å². The van der Waals surface area contributed by atoms with Crippen molar-refractivity contribution >= 4 is 6.09 Å². The Morgan fingerprint density at radius 2 is 2.42 bits per heavy atom. The van der Waals surface area contributed by atoms with Crippen LogP contribution in [0.1, 0.15) is 20.3 Å². The molecule has 0 aromatic heterocycles. The summed E-state index contributed by atoms with van der Waals surface area (Å²) in [4.78, 5) is 12.0. The maximum atomic E-state index is 10.6. The number of amides is 1. The molecule has 0 saturated carbocycles. The van der Waals surface area contributed by atoms with Crippen molar-refractivity contribution in [1.82, 2.24) is 4.90 Å². The van der Waals surface area contributed by atoms with Crippen molar-refractivity contribution in [2.75, 3.05) is 13.2 Å². The molecule has 0 spiro atoms. The van der Waals surface area contributed by atoms with Crippen molar-refractivity contribution in [3.05, 3.63) is 0 Å². The third kappa shape index (κ3) is 2.11. The first-order valence-electron chi connectivity index (χ1n) is 4.22. The van der Waals surface area contributed by atoms with Gasteiger partial charge in [0.2, 0.25) is 0 Å². The van der Waals surface area contributed by atoms with Gasteiger partial charge in [-0.2, -0.15) is 0 Å². The number of ether oxygens (including phenoxy) is 1. The molecule has 70 valence electrons. The Labute approximate surface area is 72.1 Å². The van der Waals surface area contributed by atoms with Crippen LogP contribution in [0, 0.1) is 5.92 Å². The Morgan fingerprint density at radius 1 is 1.75 bits per heavy atom. The van der Waals surface area contributed by atoms with E-state index in [2.05, 4.69) is 13.8 Å². The van der Waals surface area contributed by atoms with Gasteiger partial charge in [0.15, 0.2) is 0 Å². The summed E-state index contributed by atoms with van der Waals surface area (Å²) in [5.74, 6) is 0.468. The van der Waals surface area contributed by atoms with E-state index < -0.39 is 6.09 Å². The lowest BCUT2D eigenvalue weighted by atomic mass is 10.1. The van der Waals surface area contributed by atoms with Crippen LogP contribution in [0.15, 0.2) is 0 Å². The molecule has 1 heterocycles. The first-order valence-corrected chi connectivity index (χ1v) is 4.22. The number of carbonyl (C=O) groups is 1. The highest BCUT2D eigenvalue weighted by Gasteiger charge is 2.29. The number of hydrogen-bond donors (Lipinski definition) is 1. The molecule has 0 radical (unpaired) electrons. The fourth-order valence-electron chi connectivity index (χ4n) is 1.34. The van der Waals surface area contributed by atoms with Gasteiger partial charge in [0.25, 0.3) is 0 Å². The lowest BCUT2D eigenvalue weighted by Gasteiger charge is -2.21. The second-order valence-corrected chi connectivity index (χ2v) is 3.43. The monoisotopic (exact) mass is 173 g/mol. The molecule has 1 aliphatic heterocycles. The highest BCUT2D eigenvalue weighted by molar-refractivity contribution is 5.65. The average molecular weight is 173 g/mol. The normalized spacial score (nSPS) is 23.6. The molecule has 1 fully saturated rings. The summed E-state index contributed by atoms with van der Waals surface area (Å²) in [6.45, 7) is 5.15. The summed E-state index contributed by atoms with van der Waals surface area (Å²) in [6, 6.07) is 0. The molecule has 1 rings (SSSR count). The van der Waals surface area contributed by atoms with Gasteiger partial charge in [-0.1, -0.05) is 13.8 Å². The first kappa shape index (κ1) is 9.32. The fourth-order valence-corrected chi connectivity index (χ4v) is 1.34. The molecule has 4 nitrogen and oxygen atoms in total. The quantitative estimate of drug-likeness (QED) is 0.686. The molecule has 1 atom stereocenters. The number of hydrogen-bond acceptors (Lipinski definition) is 2. The van der Waals surface area contributed by atoms with Gasteiger partial charge in [-0.3, -0.25) is 4.90 Å². The lowest BCUT2D eigenvalue weighted by molar-refractivity contribution is 0.0223. The molecule has 1 N–H and O–H groups in total. The van der Waals surface area contributed by atoms with E-state index in [1.54, 1.807) is 0 Å². The second kappa shape index (κ2) is 3.76. The van der Waals surface area contributed by atoms with Crippen LogP contribution < -0.4 is 0 Å². The summed E-state index contributed by atoms with van der Waals surface area (Å²) in [6.07, 6.45) is -0.313. The minimum atomic E-state index is -0.877.